The molecule has 0 atom stereocenters. The van der Waals surface area contributed by atoms with Gasteiger partial charge in [-0.15, -0.1) is 6.58 Å². The zero-order valence-corrected chi connectivity index (χ0v) is 18.6. The van der Waals surface area contributed by atoms with E-state index in [1.165, 1.54) is 0 Å². The minimum absolute atomic E-state index is 0.151. The van der Waals surface area contributed by atoms with Crippen LogP contribution in [0, 0.1) is 0 Å². The Kier molecular flexibility index (Phi) is 9.28. The Bertz CT molecular complexity index is 909. The van der Waals surface area contributed by atoms with Crippen molar-refractivity contribution in [2.24, 2.45) is 5.10 Å². The largest absolute Gasteiger partial charge is 0.490 e. The van der Waals surface area contributed by atoms with Gasteiger partial charge in [0.25, 0.3) is 5.91 Å². The summed E-state index contributed by atoms with van der Waals surface area (Å²) in [6.07, 6.45) is 4.06. The van der Waals surface area contributed by atoms with Crippen LogP contribution in [-0.2, 0) is 22.6 Å². The maximum absolute atomic E-state index is 12.1. The number of carbonyl (C=O) groups excluding carboxylic acids is 1. The lowest BCUT2D eigenvalue weighted by molar-refractivity contribution is -0.123. The monoisotopic (exact) mass is 437 g/mol. The Morgan fingerprint density at radius 3 is 2.72 bits per heavy atom. The number of hydrazone groups is 1. The molecule has 1 aliphatic heterocycles. The van der Waals surface area contributed by atoms with Gasteiger partial charge in [0, 0.05) is 18.7 Å². The fourth-order valence-electron chi connectivity index (χ4n) is 3.40. The van der Waals surface area contributed by atoms with Crippen LogP contribution in [0.15, 0.2) is 60.2 Å². The lowest BCUT2D eigenvalue weighted by Crippen LogP contribution is -2.42. The van der Waals surface area contributed by atoms with Crippen LogP contribution in [-0.4, -0.2) is 56.5 Å². The lowest BCUT2D eigenvalue weighted by atomic mass is 10.1. The van der Waals surface area contributed by atoms with E-state index in [1.54, 1.807) is 6.21 Å². The van der Waals surface area contributed by atoms with Gasteiger partial charge < -0.3 is 14.2 Å². The number of ether oxygens (including phenoxy) is 3. The first-order valence-electron chi connectivity index (χ1n) is 10.9. The Balaban J connectivity index is 1.70. The Labute approximate surface area is 189 Å². The summed E-state index contributed by atoms with van der Waals surface area (Å²) in [5.41, 5.74) is 5.43. The predicted molar refractivity (Wildman–Crippen MR) is 125 cm³/mol. The first kappa shape index (κ1) is 23.5. The molecule has 0 aliphatic carbocycles. The first-order chi connectivity index (χ1) is 15.7. The average molecular weight is 438 g/mol. The fraction of sp³-hybridized carbons (Fsp3) is 0.360. The van der Waals surface area contributed by atoms with E-state index in [9.17, 15) is 4.79 Å². The van der Waals surface area contributed by atoms with Crippen molar-refractivity contribution in [1.29, 1.82) is 0 Å². The molecule has 1 amide bonds. The standard InChI is InChI=1S/C25H31N3O4/c1-3-8-22-15-21(17-26-27-24(29)18-28-11-13-30-14-12-28)16-23(31-4-2)25(22)32-19-20-9-6-5-7-10-20/h3,5-7,9-10,15-17H,1,4,8,11-14,18-19H2,2H3,(H,27,29)/b26-17+. The molecule has 0 aromatic heterocycles. The highest BCUT2D eigenvalue weighted by molar-refractivity contribution is 5.84. The van der Waals surface area contributed by atoms with E-state index in [0.29, 0.717) is 50.9 Å². The van der Waals surface area contributed by atoms with Crippen LogP contribution in [0.1, 0.15) is 23.6 Å². The molecule has 3 rings (SSSR count). The van der Waals surface area contributed by atoms with Crippen LogP contribution in [0.4, 0.5) is 0 Å². The lowest BCUT2D eigenvalue weighted by Gasteiger charge is -2.25. The summed E-state index contributed by atoms with van der Waals surface area (Å²) in [6, 6.07) is 13.8. The van der Waals surface area contributed by atoms with Crippen molar-refractivity contribution in [3.05, 3.63) is 71.8 Å². The molecule has 1 aliphatic rings. The van der Waals surface area contributed by atoms with E-state index in [2.05, 4.69) is 17.1 Å². The number of hydrogen-bond acceptors (Lipinski definition) is 6. The Hall–Kier alpha value is -3.16. The smallest absolute Gasteiger partial charge is 0.254 e. The van der Waals surface area contributed by atoms with Crippen LogP contribution in [0.3, 0.4) is 0 Å². The Morgan fingerprint density at radius 1 is 1.22 bits per heavy atom. The van der Waals surface area contributed by atoms with Crippen LogP contribution in [0.25, 0.3) is 0 Å². The maximum atomic E-state index is 12.1. The number of amides is 1. The molecule has 7 nitrogen and oxygen atoms in total. The van der Waals surface area contributed by atoms with Crippen molar-refractivity contribution in [3.63, 3.8) is 0 Å². The zero-order valence-electron chi connectivity index (χ0n) is 18.6. The van der Waals surface area contributed by atoms with Crippen LogP contribution < -0.4 is 14.9 Å². The molecule has 0 radical (unpaired) electrons. The predicted octanol–water partition coefficient (Wildman–Crippen LogP) is 3.18. The summed E-state index contributed by atoms with van der Waals surface area (Å²) in [5, 5.41) is 4.13. The summed E-state index contributed by atoms with van der Waals surface area (Å²) in [6.45, 7) is 9.86. The van der Waals surface area contributed by atoms with Gasteiger partial charge in [-0.2, -0.15) is 5.10 Å². The number of carbonyl (C=O) groups is 1. The second-order valence-corrected chi connectivity index (χ2v) is 7.39. The summed E-state index contributed by atoms with van der Waals surface area (Å²) in [7, 11) is 0. The zero-order chi connectivity index (χ0) is 22.6. The molecule has 2 aromatic carbocycles. The van der Waals surface area contributed by atoms with Gasteiger partial charge in [0.2, 0.25) is 0 Å². The molecular formula is C25H31N3O4. The molecule has 0 saturated carbocycles. The number of hydrogen-bond donors (Lipinski definition) is 1. The highest BCUT2D eigenvalue weighted by atomic mass is 16.5. The number of rotatable bonds is 11. The summed E-state index contributed by atoms with van der Waals surface area (Å²) >= 11 is 0. The third-order valence-corrected chi connectivity index (χ3v) is 4.92. The van der Waals surface area contributed by atoms with Crippen LogP contribution in [0.5, 0.6) is 11.5 Å². The van der Waals surface area contributed by atoms with E-state index in [-0.39, 0.29) is 5.91 Å². The molecule has 0 unspecified atom stereocenters. The molecule has 1 fully saturated rings. The van der Waals surface area contributed by atoms with Crippen molar-refractivity contribution in [1.82, 2.24) is 10.3 Å². The summed E-state index contributed by atoms with van der Waals surface area (Å²) in [4.78, 5) is 14.2. The van der Waals surface area contributed by atoms with Gasteiger partial charge in [-0.25, -0.2) is 5.43 Å². The molecule has 170 valence electrons. The molecule has 0 bridgehead atoms. The topological polar surface area (TPSA) is 72.4 Å². The average Bonchev–Trinajstić information content (AvgIpc) is 2.80. The summed E-state index contributed by atoms with van der Waals surface area (Å²) < 4.78 is 17.3. The van der Waals surface area contributed by atoms with E-state index >= 15 is 0 Å². The van der Waals surface area contributed by atoms with Crippen LogP contribution in [0.2, 0.25) is 0 Å². The molecule has 0 spiro atoms. The van der Waals surface area contributed by atoms with Gasteiger partial charge in [-0.3, -0.25) is 9.69 Å². The highest BCUT2D eigenvalue weighted by Gasteiger charge is 2.15. The minimum atomic E-state index is -0.151. The highest BCUT2D eigenvalue weighted by Crippen LogP contribution is 2.34. The molecule has 1 heterocycles. The number of nitrogens with zero attached hydrogens (tertiary/aromatic N) is 2. The van der Waals surface area contributed by atoms with Crippen molar-refractivity contribution in [2.75, 3.05) is 39.5 Å². The van der Waals surface area contributed by atoms with Gasteiger partial charge >= 0.3 is 0 Å². The van der Waals surface area contributed by atoms with E-state index in [1.807, 2.05) is 60.4 Å². The van der Waals surface area contributed by atoms with Gasteiger partial charge in [-0.05, 0) is 36.6 Å². The summed E-state index contributed by atoms with van der Waals surface area (Å²) in [5.74, 6) is 1.19. The number of morpholine rings is 1. The second kappa shape index (κ2) is 12.6. The van der Waals surface area contributed by atoms with E-state index in [4.69, 9.17) is 14.2 Å². The normalized spacial score (nSPS) is 14.3. The van der Waals surface area contributed by atoms with E-state index in [0.717, 1.165) is 29.8 Å². The van der Waals surface area contributed by atoms with Gasteiger partial charge in [0.15, 0.2) is 11.5 Å². The van der Waals surface area contributed by atoms with Crippen molar-refractivity contribution >= 4 is 12.1 Å². The molecular weight excluding hydrogens is 406 g/mol. The molecule has 1 saturated heterocycles. The van der Waals surface area contributed by atoms with Crippen molar-refractivity contribution in [2.45, 2.75) is 20.0 Å². The maximum Gasteiger partial charge on any atom is 0.254 e. The van der Waals surface area contributed by atoms with Gasteiger partial charge in [-0.1, -0.05) is 36.4 Å². The van der Waals surface area contributed by atoms with Gasteiger partial charge in [0.1, 0.15) is 6.61 Å². The second-order valence-electron chi connectivity index (χ2n) is 7.39. The number of allylic oxidation sites excluding steroid dienone is 1. The third-order valence-electron chi connectivity index (χ3n) is 4.92. The third kappa shape index (κ3) is 7.21. The van der Waals surface area contributed by atoms with E-state index < -0.39 is 0 Å². The number of nitrogens with one attached hydrogen (secondary N) is 1. The van der Waals surface area contributed by atoms with Gasteiger partial charge in [0.05, 0.1) is 32.6 Å². The van der Waals surface area contributed by atoms with Crippen molar-refractivity contribution in [3.8, 4) is 11.5 Å². The fourth-order valence-corrected chi connectivity index (χ4v) is 3.40. The first-order valence-corrected chi connectivity index (χ1v) is 10.9. The van der Waals surface area contributed by atoms with Crippen LogP contribution >= 0.6 is 0 Å². The SMILES string of the molecule is C=CCc1cc(/C=N/NC(=O)CN2CCOCC2)cc(OCC)c1OCc1ccccc1. The molecule has 7 heteroatoms. The molecule has 1 N–H and O–H groups in total. The quantitative estimate of drug-likeness (QED) is 0.332. The number of benzene rings is 2. The molecule has 32 heavy (non-hydrogen) atoms. The van der Waals surface area contributed by atoms with Crippen molar-refractivity contribution < 1.29 is 19.0 Å². The Morgan fingerprint density at radius 2 is 2.00 bits per heavy atom. The molecule has 2 aromatic rings. The minimum Gasteiger partial charge on any atom is -0.490 e.